The van der Waals surface area contributed by atoms with Crippen LogP contribution in [0.4, 0.5) is 5.82 Å². The van der Waals surface area contributed by atoms with Gasteiger partial charge in [-0.25, -0.2) is 15.0 Å². The first-order chi connectivity index (χ1) is 12.2. The molecule has 2 fully saturated rings. The molecule has 1 aliphatic heterocycles. The van der Waals surface area contributed by atoms with Crippen LogP contribution in [0.2, 0.25) is 0 Å². The molecule has 2 aromatic heterocycles. The lowest BCUT2D eigenvalue weighted by atomic mass is 10.1. The number of rotatable bonds is 4. The molecule has 1 amide bonds. The molecule has 0 aromatic carbocycles. The van der Waals surface area contributed by atoms with Gasteiger partial charge in [0.25, 0.3) is 5.91 Å². The molecule has 0 atom stereocenters. The van der Waals surface area contributed by atoms with E-state index in [-0.39, 0.29) is 5.91 Å². The Kier molecular flexibility index (Phi) is 4.09. The third-order valence-corrected chi connectivity index (χ3v) is 5.35. The van der Waals surface area contributed by atoms with E-state index in [9.17, 15) is 4.79 Å². The highest BCUT2D eigenvalue weighted by molar-refractivity contribution is 7.19. The molecule has 1 N–H and O–H groups in total. The van der Waals surface area contributed by atoms with Gasteiger partial charge in [-0.3, -0.25) is 4.79 Å². The van der Waals surface area contributed by atoms with Crippen molar-refractivity contribution in [3.8, 4) is 0 Å². The molecule has 0 spiro atoms. The Bertz CT molecular complexity index is 909. The second kappa shape index (κ2) is 6.40. The van der Waals surface area contributed by atoms with Crippen LogP contribution >= 0.6 is 11.3 Å². The van der Waals surface area contributed by atoms with Gasteiger partial charge in [0.05, 0.1) is 0 Å². The molecule has 7 heteroatoms. The van der Waals surface area contributed by atoms with E-state index in [2.05, 4.69) is 37.8 Å². The number of nitrogens with one attached hydrogen (secondary N) is 1. The third kappa shape index (κ3) is 2.95. The highest BCUT2D eigenvalue weighted by Gasteiger charge is 2.28. The molecule has 1 saturated carbocycles. The Hall–Kier alpha value is -2.54. The summed E-state index contributed by atoms with van der Waals surface area (Å²) < 4.78 is 0. The number of allylic oxidation sites excluding steroid dienone is 4. The average molecular weight is 353 g/mol. The fourth-order valence-corrected chi connectivity index (χ4v) is 3.79. The monoisotopic (exact) mass is 353 g/mol. The van der Waals surface area contributed by atoms with Gasteiger partial charge >= 0.3 is 0 Å². The molecule has 6 nitrogen and oxygen atoms in total. The summed E-state index contributed by atoms with van der Waals surface area (Å²) in [5.41, 5.74) is 3.02. The summed E-state index contributed by atoms with van der Waals surface area (Å²) in [6.45, 7) is 6.68. The Morgan fingerprint density at radius 2 is 2.28 bits per heavy atom. The Morgan fingerprint density at radius 3 is 3.00 bits per heavy atom. The van der Waals surface area contributed by atoms with Crippen molar-refractivity contribution in [1.29, 1.82) is 0 Å². The average Bonchev–Trinajstić information content (AvgIpc) is 3.18. The van der Waals surface area contributed by atoms with E-state index in [0.29, 0.717) is 16.6 Å². The van der Waals surface area contributed by atoms with E-state index in [1.807, 2.05) is 13.0 Å². The van der Waals surface area contributed by atoms with Crippen molar-refractivity contribution in [2.24, 2.45) is 0 Å². The predicted molar refractivity (Wildman–Crippen MR) is 99.7 cm³/mol. The number of thiazole rings is 1. The molecule has 4 rings (SSSR count). The molecule has 2 aromatic rings. The summed E-state index contributed by atoms with van der Waals surface area (Å²) in [7, 11) is 0. The van der Waals surface area contributed by atoms with E-state index in [1.54, 1.807) is 6.08 Å². The molecule has 0 bridgehead atoms. The van der Waals surface area contributed by atoms with Gasteiger partial charge in [-0.2, -0.15) is 0 Å². The highest BCUT2D eigenvalue weighted by Crippen LogP contribution is 2.35. The van der Waals surface area contributed by atoms with Gasteiger partial charge in [0.2, 0.25) is 0 Å². The van der Waals surface area contributed by atoms with Gasteiger partial charge in [-0.15, -0.1) is 0 Å². The minimum Gasteiger partial charge on any atom is -0.347 e. The van der Waals surface area contributed by atoms with Gasteiger partial charge in [0.1, 0.15) is 16.7 Å². The Labute approximate surface area is 150 Å². The van der Waals surface area contributed by atoms with E-state index in [1.165, 1.54) is 23.2 Å². The zero-order valence-corrected chi connectivity index (χ0v) is 14.8. The van der Waals surface area contributed by atoms with Crippen LogP contribution in [0.1, 0.15) is 36.0 Å². The van der Waals surface area contributed by atoms with Crippen molar-refractivity contribution in [1.82, 2.24) is 20.3 Å². The summed E-state index contributed by atoms with van der Waals surface area (Å²) in [6.07, 6.45) is 10.5. The number of nitrogens with zero attached hydrogens (tertiary/aromatic N) is 4. The van der Waals surface area contributed by atoms with Gasteiger partial charge in [-0.05, 0) is 37.8 Å². The molecule has 128 valence electrons. The third-order valence-electron chi connectivity index (χ3n) is 4.39. The van der Waals surface area contributed by atoms with E-state index < -0.39 is 0 Å². The first-order valence-corrected chi connectivity index (χ1v) is 9.21. The van der Waals surface area contributed by atoms with Crippen LogP contribution in [0.5, 0.6) is 0 Å². The van der Waals surface area contributed by atoms with E-state index >= 15 is 0 Å². The van der Waals surface area contributed by atoms with Crippen molar-refractivity contribution in [3.63, 3.8) is 0 Å². The van der Waals surface area contributed by atoms with Crippen molar-refractivity contribution < 1.29 is 4.79 Å². The molecule has 0 radical (unpaired) electrons. The minimum atomic E-state index is -0.117. The van der Waals surface area contributed by atoms with Crippen molar-refractivity contribution >= 4 is 33.4 Å². The summed E-state index contributed by atoms with van der Waals surface area (Å²) in [5.74, 6) is 0.630. The van der Waals surface area contributed by atoms with Crippen LogP contribution in [0.25, 0.3) is 10.3 Å². The smallest absolute Gasteiger partial charge is 0.280 e. The summed E-state index contributed by atoms with van der Waals surface area (Å²) in [6, 6.07) is 0.308. The number of aromatic nitrogens is 3. The minimum absolute atomic E-state index is 0.117. The summed E-state index contributed by atoms with van der Waals surface area (Å²) in [5, 5.41) is 3.43. The van der Waals surface area contributed by atoms with E-state index in [0.717, 1.165) is 42.2 Å². The quantitative estimate of drug-likeness (QED) is 0.914. The normalized spacial score (nSPS) is 20.6. The molecule has 1 aliphatic carbocycles. The fourth-order valence-electron chi connectivity index (χ4n) is 2.99. The predicted octanol–water partition coefficient (Wildman–Crippen LogP) is 3.20. The largest absolute Gasteiger partial charge is 0.347 e. The Morgan fingerprint density at radius 1 is 1.44 bits per heavy atom. The van der Waals surface area contributed by atoms with Crippen LogP contribution in [0.15, 0.2) is 42.4 Å². The van der Waals surface area contributed by atoms with Crippen molar-refractivity contribution in [2.75, 3.05) is 11.4 Å². The van der Waals surface area contributed by atoms with Crippen LogP contribution in [0.3, 0.4) is 0 Å². The summed E-state index contributed by atoms with van der Waals surface area (Å²) in [4.78, 5) is 28.5. The fraction of sp³-hybridized carbons (Fsp3) is 0.333. The SMILES string of the molecule is C=C/C=C1\C(=C/C)CCN1c1ncnc2sc(C(=O)NC3CC3)nc12. The van der Waals surface area contributed by atoms with Gasteiger partial charge in [-0.1, -0.05) is 30.1 Å². The van der Waals surface area contributed by atoms with Crippen LogP contribution < -0.4 is 10.2 Å². The molecule has 2 aliphatic rings. The maximum Gasteiger partial charge on any atom is 0.280 e. The van der Waals surface area contributed by atoms with Crippen molar-refractivity contribution in [2.45, 2.75) is 32.2 Å². The maximum absolute atomic E-state index is 12.3. The first-order valence-electron chi connectivity index (χ1n) is 8.39. The number of amides is 1. The number of hydrogen-bond donors (Lipinski definition) is 1. The zero-order chi connectivity index (χ0) is 17.4. The van der Waals surface area contributed by atoms with Crippen LogP contribution in [0, 0.1) is 0 Å². The Balaban J connectivity index is 1.74. The lowest BCUT2D eigenvalue weighted by molar-refractivity contribution is 0.0951. The van der Waals surface area contributed by atoms with Crippen molar-refractivity contribution in [3.05, 3.63) is 47.4 Å². The molecular weight excluding hydrogens is 334 g/mol. The number of hydrogen-bond acceptors (Lipinski definition) is 6. The molecule has 25 heavy (non-hydrogen) atoms. The maximum atomic E-state index is 12.3. The van der Waals surface area contributed by atoms with Crippen LogP contribution in [-0.2, 0) is 0 Å². The van der Waals surface area contributed by atoms with Crippen LogP contribution in [-0.4, -0.2) is 33.4 Å². The molecule has 3 heterocycles. The second-order valence-corrected chi connectivity index (χ2v) is 7.10. The highest BCUT2D eigenvalue weighted by atomic mass is 32.1. The van der Waals surface area contributed by atoms with E-state index in [4.69, 9.17) is 0 Å². The van der Waals surface area contributed by atoms with Gasteiger partial charge in [0.15, 0.2) is 10.8 Å². The van der Waals surface area contributed by atoms with Gasteiger partial charge in [0, 0.05) is 18.3 Å². The summed E-state index contributed by atoms with van der Waals surface area (Å²) >= 11 is 1.31. The number of anilines is 1. The number of fused-ring (bicyclic) bond motifs is 1. The topological polar surface area (TPSA) is 71.0 Å². The standard InChI is InChI=1S/C18H19N5OS/c1-3-5-13-11(4-2)8-9-23(13)15-14-17(20-10-19-15)25-18(22-14)16(24)21-12-6-7-12/h3-5,10,12H,1,6-9H2,2H3,(H,21,24)/b11-4-,13-5+. The second-order valence-electron chi connectivity index (χ2n) is 6.12. The van der Waals surface area contributed by atoms with Gasteiger partial charge < -0.3 is 10.2 Å². The first kappa shape index (κ1) is 16.0. The number of carbonyl (C=O) groups is 1. The molecule has 1 saturated heterocycles. The molecule has 0 unspecified atom stereocenters. The molecular formula is C18H19N5OS. The lowest BCUT2D eigenvalue weighted by Crippen LogP contribution is -2.25. The zero-order valence-electron chi connectivity index (χ0n) is 14.0. The lowest BCUT2D eigenvalue weighted by Gasteiger charge is -2.18. The number of carbonyl (C=O) groups excluding carboxylic acids is 1.